The third kappa shape index (κ3) is 4.60. The third-order valence-electron chi connectivity index (χ3n) is 5.61. The molecule has 1 fully saturated rings. The van der Waals surface area contributed by atoms with Gasteiger partial charge in [-0.15, -0.1) is 0 Å². The lowest BCUT2D eigenvalue weighted by molar-refractivity contribution is 0.259. The van der Waals surface area contributed by atoms with Crippen molar-refractivity contribution in [2.75, 3.05) is 31.1 Å². The number of nitrogens with zero attached hydrogens (tertiary/aromatic N) is 5. The van der Waals surface area contributed by atoms with E-state index in [1.807, 2.05) is 6.20 Å². The van der Waals surface area contributed by atoms with Gasteiger partial charge in [0.15, 0.2) is 5.82 Å². The number of rotatable bonds is 7. The molecule has 1 N–H and O–H groups in total. The monoisotopic (exact) mass is 386 g/mol. The van der Waals surface area contributed by atoms with E-state index in [0.717, 1.165) is 69.3 Å². The second kappa shape index (κ2) is 8.86. The summed E-state index contributed by atoms with van der Waals surface area (Å²) in [6, 6.07) is 1.19. The summed E-state index contributed by atoms with van der Waals surface area (Å²) in [5.41, 5.74) is 2.31. The second-order valence-corrected chi connectivity index (χ2v) is 8.06. The van der Waals surface area contributed by atoms with E-state index in [-0.39, 0.29) is 0 Å². The van der Waals surface area contributed by atoms with Gasteiger partial charge in [0.05, 0.1) is 12.3 Å². The Morgan fingerprint density at radius 2 is 2.14 bits per heavy atom. The quantitative estimate of drug-likeness (QED) is 0.727. The molecule has 0 amide bonds. The number of anilines is 1. The van der Waals surface area contributed by atoms with Crippen molar-refractivity contribution in [2.24, 2.45) is 5.92 Å². The van der Waals surface area contributed by atoms with Gasteiger partial charge in [-0.2, -0.15) is 9.97 Å². The SMILES string of the molecule is CC(C)c1noc(N2CCC(CCCOc3ncc4c(n3)CCNC4)CC2)n1. The van der Waals surface area contributed by atoms with Crippen LogP contribution in [0.4, 0.5) is 6.01 Å². The van der Waals surface area contributed by atoms with Crippen molar-refractivity contribution in [2.45, 2.75) is 58.4 Å². The number of hydrogen-bond donors (Lipinski definition) is 1. The Labute approximate surface area is 166 Å². The fourth-order valence-corrected chi connectivity index (χ4v) is 3.83. The molecule has 0 unspecified atom stereocenters. The molecule has 0 aliphatic carbocycles. The Balaban J connectivity index is 1.16. The zero-order chi connectivity index (χ0) is 19.3. The zero-order valence-electron chi connectivity index (χ0n) is 16.9. The van der Waals surface area contributed by atoms with Crippen molar-refractivity contribution in [1.82, 2.24) is 25.4 Å². The highest BCUT2D eigenvalue weighted by Gasteiger charge is 2.23. The molecule has 0 bridgehead atoms. The van der Waals surface area contributed by atoms with Crippen molar-refractivity contribution >= 4 is 6.01 Å². The Morgan fingerprint density at radius 1 is 1.29 bits per heavy atom. The minimum Gasteiger partial charge on any atom is -0.463 e. The molecule has 2 aromatic rings. The third-order valence-corrected chi connectivity index (χ3v) is 5.61. The van der Waals surface area contributed by atoms with Gasteiger partial charge in [0, 0.05) is 50.3 Å². The van der Waals surface area contributed by atoms with Crippen LogP contribution in [0.2, 0.25) is 0 Å². The molecule has 0 saturated carbocycles. The van der Waals surface area contributed by atoms with Gasteiger partial charge < -0.3 is 19.5 Å². The van der Waals surface area contributed by atoms with Crippen molar-refractivity contribution in [3.63, 3.8) is 0 Å². The Kier molecular flexibility index (Phi) is 6.04. The van der Waals surface area contributed by atoms with Crippen LogP contribution in [0.5, 0.6) is 6.01 Å². The lowest BCUT2D eigenvalue weighted by Crippen LogP contribution is -2.34. The summed E-state index contributed by atoms with van der Waals surface area (Å²) in [7, 11) is 0. The van der Waals surface area contributed by atoms with Gasteiger partial charge in [-0.05, 0) is 31.6 Å². The van der Waals surface area contributed by atoms with E-state index in [4.69, 9.17) is 9.26 Å². The molecule has 8 nitrogen and oxygen atoms in total. The minimum absolute atomic E-state index is 0.297. The standard InChI is InChI=1S/C20H30N6O2/c1-14(2)18-24-20(28-25-18)26-9-6-15(7-10-26)4-3-11-27-19-22-13-16-12-21-8-5-17(16)23-19/h13-15,21H,3-12H2,1-2H3. The first-order chi connectivity index (χ1) is 13.7. The van der Waals surface area contributed by atoms with Crippen molar-refractivity contribution in [3.8, 4) is 6.01 Å². The summed E-state index contributed by atoms with van der Waals surface area (Å²) in [4.78, 5) is 15.6. The molecule has 1 saturated heterocycles. The molecule has 152 valence electrons. The predicted molar refractivity (Wildman–Crippen MR) is 105 cm³/mol. The van der Waals surface area contributed by atoms with E-state index in [1.54, 1.807) is 0 Å². The van der Waals surface area contributed by atoms with Crippen LogP contribution in [0.25, 0.3) is 0 Å². The van der Waals surface area contributed by atoms with Crippen LogP contribution in [0.15, 0.2) is 10.7 Å². The topological polar surface area (TPSA) is 89.2 Å². The Bertz CT molecular complexity index is 770. The highest BCUT2D eigenvalue weighted by atomic mass is 16.5. The van der Waals surface area contributed by atoms with E-state index in [2.05, 4.69) is 44.2 Å². The molecular weight excluding hydrogens is 356 g/mol. The maximum absolute atomic E-state index is 5.79. The highest BCUT2D eigenvalue weighted by Crippen LogP contribution is 2.26. The first-order valence-corrected chi connectivity index (χ1v) is 10.5. The molecule has 2 aliphatic heterocycles. The molecule has 4 heterocycles. The van der Waals surface area contributed by atoms with Gasteiger partial charge in [-0.25, -0.2) is 4.98 Å². The second-order valence-electron chi connectivity index (χ2n) is 8.06. The Hall–Kier alpha value is -2.22. The number of aromatic nitrogens is 4. The van der Waals surface area contributed by atoms with E-state index >= 15 is 0 Å². The van der Waals surface area contributed by atoms with Crippen molar-refractivity contribution < 1.29 is 9.26 Å². The van der Waals surface area contributed by atoms with Crippen LogP contribution in [0, 0.1) is 5.92 Å². The molecule has 8 heteroatoms. The van der Waals surface area contributed by atoms with Crippen molar-refractivity contribution in [3.05, 3.63) is 23.3 Å². The maximum Gasteiger partial charge on any atom is 0.324 e. The normalized spacial score (nSPS) is 17.8. The summed E-state index contributed by atoms with van der Waals surface area (Å²) in [5, 5.41) is 7.40. The summed E-state index contributed by atoms with van der Waals surface area (Å²) < 4.78 is 11.2. The van der Waals surface area contributed by atoms with Gasteiger partial charge >= 0.3 is 12.0 Å². The lowest BCUT2D eigenvalue weighted by Gasteiger charge is -2.30. The van der Waals surface area contributed by atoms with E-state index in [0.29, 0.717) is 24.5 Å². The smallest absolute Gasteiger partial charge is 0.324 e. The molecular formula is C20H30N6O2. The number of nitrogens with one attached hydrogen (secondary N) is 1. The average molecular weight is 387 g/mol. The van der Waals surface area contributed by atoms with Crippen LogP contribution in [0.1, 0.15) is 62.5 Å². The maximum atomic E-state index is 5.79. The molecule has 28 heavy (non-hydrogen) atoms. The molecule has 2 aliphatic rings. The fourth-order valence-electron chi connectivity index (χ4n) is 3.83. The van der Waals surface area contributed by atoms with Crippen molar-refractivity contribution in [1.29, 1.82) is 0 Å². The minimum atomic E-state index is 0.297. The van der Waals surface area contributed by atoms with Gasteiger partial charge in [0.2, 0.25) is 0 Å². The fraction of sp³-hybridized carbons (Fsp3) is 0.700. The first kappa shape index (κ1) is 19.1. The van der Waals surface area contributed by atoms with Gasteiger partial charge in [-0.3, -0.25) is 0 Å². The first-order valence-electron chi connectivity index (χ1n) is 10.5. The largest absolute Gasteiger partial charge is 0.463 e. The molecule has 0 spiro atoms. The van der Waals surface area contributed by atoms with E-state index < -0.39 is 0 Å². The van der Waals surface area contributed by atoms with Crippen LogP contribution < -0.4 is 15.0 Å². The number of hydrogen-bond acceptors (Lipinski definition) is 8. The predicted octanol–water partition coefficient (Wildman–Crippen LogP) is 2.70. The lowest BCUT2D eigenvalue weighted by atomic mass is 9.92. The highest BCUT2D eigenvalue weighted by molar-refractivity contribution is 5.26. The van der Waals surface area contributed by atoms with Crippen LogP contribution in [-0.4, -0.2) is 46.3 Å². The number of ether oxygens (including phenoxy) is 1. The Morgan fingerprint density at radius 3 is 2.93 bits per heavy atom. The van der Waals surface area contributed by atoms with Gasteiger partial charge in [0.1, 0.15) is 0 Å². The zero-order valence-corrected chi connectivity index (χ0v) is 16.9. The summed E-state index contributed by atoms with van der Waals surface area (Å²) in [5.74, 6) is 1.81. The molecule has 0 atom stereocenters. The molecule has 4 rings (SSSR count). The average Bonchev–Trinajstić information content (AvgIpc) is 3.22. The molecule has 0 radical (unpaired) electrons. The molecule has 2 aromatic heterocycles. The van der Waals surface area contributed by atoms with Gasteiger partial charge in [-0.1, -0.05) is 19.0 Å². The molecule has 0 aromatic carbocycles. The van der Waals surface area contributed by atoms with Crippen LogP contribution in [0.3, 0.4) is 0 Å². The van der Waals surface area contributed by atoms with Crippen LogP contribution in [-0.2, 0) is 13.0 Å². The number of fused-ring (bicyclic) bond motifs is 1. The van der Waals surface area contributed by atoms with Crippen LogP contribution >= 0.6 is 0 Å². The van der Waals surface area contributed by atoms with E-state index in [1.165, 1.54) is 12.0 Å². The van der Waals surface area contributed by atoms with E-state index in [9.17, 15) is 0 Å². The number of piperidine rings is 1. The summed E-state index contributed by atoms with van der Waals surface area (Å²) in [6.45, 7) is 8.63. The summed E-state index contributed by atoms with van der Waals surface area (Å²) in [6.07, 6.45) is 7.35. The van der Waals surface area contributed by atoms with Gasteiger partial charge in [0.25, 0.3) is 0 Å². The summed E-state index contributed by atoms with van der Waals surface area (Å²) >= 11 is 0.